The van der Waals surface area contributed by atoms with Gasteiger partial charge in [-0.25, -0.2) is 0 Å². The molecule has 1 aliphatic heterocycles. The van der Waals surface area contributed by atoms with Crippen LogP contribution in [0.1, 0.15) is 68.8 Å². The average molecular weight is 528 g/mol. The summed E-state index contributed by atoms with van der Waals surface area (Å²) in [6.45, 7) is 4.17. The first-order valence-corrected chi connectivity index (χ1v) is 13.0. The third kappa shape index (κ3) is 8.52. The van der Waals surface area contributed by atoms with Crippen molar-refractivity contribution in [3.05, 3.63) is 70.5 Å². The van der Waals surface area contributed by atoms with Gasteiger partial charge in [-0.15, -0.1) is 0 Å². The Morgan fingerprint density at radius 3 is 2.56 bits per heavy atom. The molecule has 1 aromatic heterocycles. The van der Waals surface area contributed by atoms with Gasteiger partial charge in [-0.05, 0) is 54.6 Å². The van der Waals surface area contributed by atoms with E-state index in [-0.39, 0.29) is 5.91 Å². The van der Waals surface area contributed by atoms with Gasteiger partial charge in [0.2, 0.25) is 0 Å². The Morgan fingerprint density at radius 1 is 1.06 bits per heavy atom. The number of carbonyl (C=O) groups is 2. The van der Waals surface area contributed by atoms with Gasteiger partial charge >= 0.3 is 0 Å². The molecule has 1 aliphatic rings. The van der Waals surface area contributed by atoms with E-state index in [1.165, 1.54) is 57.4 Å². The first-order chi connectivity index (χ1) is 16.5. The van der Waals surface area contributed by atoms with Crippen molar-refractivity contribution in [2.75, 3.05) is 13.1 Å². The molecule has 3 N–H and O–H groups in total. The third-order valence-corrected chi connectivity index (χ3v) is 6.39. The largest absolute Gasteiger partial charge is 0.374 e. The molecule has 0 bridgehead atoms. The first kappa shape index (κ1) is 25.8. The summed E-state index contributed by atoms with van der Waals surface area (Å²) >= 11 is 3.42. The highest BCUT2D eigenvalue weighted by Crippen LogP contribution is 2.20. The van der Waals surface area contributed by atoms with Crippen LogP contribution in [0.4, 0.5) is 0 Å². The average Bonchev–Trinajstić information content (AvgIpc) is 3.27. The van der Waals surface area contributed by atoms with Gasteiger partial charge in [-0.1, -0.05) is 73.9 Å². The second-order valence-corrected chi connectivity index (χ2v) is 9.60. The monoisotopic (exact) mass is 526 g/mol. The van der Waals surface area contributed by atoms with Crippen LogP contribution in [0.25, 0.3) is 10.9 Å². The van der Waals surface area contributed by atoms with Crippen molar-refractivity contribution in [2.45, 2.75) is 58.3 Å². The fourth-order valence-electron chi connectivity index (χ4n) is 3.91. The summed E-state index contributed by atoms with van der Waals surface area (Å²) in [5, 5.41) is 0.915. The fraction of sp³-hybridized carbons (Fsp3) is 0.407. The maximum absolute atomic E-state index is 12.3. The van der Waals surface area contributed by atoms with Crippen LogP contribution >= 0.6 is 15.9 Å². The number of unbranched alkanes of at least 4 members (excludes halogenated alkanes) is 7. The maximum Gasteiger partial charge on any atom is 0.286 e. The molecule has 7 heteroatoms. The highest BCUT2D eigenvalue weighted by Gasteiger charge is 2.10. The van der Waals surface area contributed by atoms with Crippen molar-refractivity contribution in [2.24, 2.45) is 0 Å². The zero-order valence-corrected chi connectivity index (χ0v) is 21.5. The van der Waals surface area contributed by atoms with Crippen LogP contribution in [-0.4, -0.2) is 34.8 Å². The number of benzene rings is 1. The molecule has 0 aliphatic carbocycles. The number of halogens is 1. The SMILES string of the molecule is CCCCCCCCCCN1C=CC(/C=C/C(=O)NNC(=O)c2cc3cc(Br)ccc3[nH]2)=CC1. The van der Waals surface area contributed by atoms with E-state index in [4.69, 9.17) is 0 Å². The van der Waals surface area contributed by atoms with Crippen LogP contribution in [-0.2, 0) is 4.79 Å². The van der Waals surface area contributed by atoms with Gasteiger partial charge in [0, 0.05) is 34.5 Å². The van der Waals surface area contributed by atoms with E-state index in [1.807, 2.05) is 24.3 Å². The zero-order valence-electron chi connectivity index (χ0n) is 19.9. The van der Waals surface area contributed by atoms with Crippen LogP contribution in [0, 0.1) is 0 Å². The number of hydrogen-bond acceptors (Lipinski definition) is 3. The van der Waals surface area contributed by atoms with E-state index in [1.54, 1.807) is 12.1 Å². The molecule has 0 saturated heterocycles. The molecule has 3 rings (SSSR count). The molecule has 182 valence electrons. The van der Waals surface area contributed by atoms with Gasteiger partial charge in [0.05, 0.1) is 0 Å². The topological polar surface area (TPSA) is 77.2 Å². The number of hydrazine groups is 1. The highest BCUT2D eigenvalue weighted by molar-refractivity contribution is 9.10. The van der Waals surface area contributed by atoms with Crippen LogP contribution < -0.4 is 10.9 Å². The van der Waals surface area contributed by atoms with E-state index in [2.05, 4.69) is 55.9 Å². The molecule has 0 saturated carbocycles. The molecular weight excluding hydrogens is 492 g/mol. The zero-order chi connectivity index (χ0) is 24.2. The predicted octanol–water partition coefficient (Wildman–Crippen LogP) is 6.14. The quantitative estimate of drug-likeness (QED) is 0.176. The van der Waals surface area contributed by atoms with Gasteiger partial charge in [-0.3, -0.25) is 20.4 Å². The fourth-order valence-corrected chi connectivity index (χ4v) is 4.29. The molecular formula is C27H35BrN4O2. The Balaban J connectivity index is 1.32. The minimum absolute atomic E-state index is 0.381. The van der Waals surface area contributed by atoms with Gasteiger partial charge in [0.1, 0.15) is 5.69 Å². The predicted molar refractivity (Wildman–Crippen MR) is 142 cm³/mol. The summed E-state index contributed by atoms with van der Waals surface area (Å²) in [6, 6.07) is 7.46. The highest BCUT2D eigenvalue weighted by atomic mass is 79.9. The molecule has 34 heavy (non-hydrogen) atoms. The number of fused-ring (bicyclic) bond motifs is 1. The van der Waals surface area contributed by atoms with E-state index in [0.29, 0.717) is 5.69 Å². The lowest BCUT2D eigenvalue weighted by atomic mass is 10.1. The van der Waals surface area contributed by atoms with Gasteiger partial charge in [0.25, 0.3) is 11.8 Å². The molecule has 2 heterocycles. The molecule has 6 nitrogen and oxygen atoms in total. The van der Waals surface area contributed by atoms with Crippen LogP contribution in [0.3, 0.4) is 0 Å². The number of carbonyl (C=O) groups excluding carboxylic acids is 2. The number of hydrogen-bond donors (Lipinski definition) is 3. The number of H-pyrrole nitrogens is 1. The van der Waals surface area contributed by atoms with Crippen molar-refractivity contribution in [3.63, 3.8) is 0 Å². The Hall–Kier alpha value is -2.80. The Bertz CT molecular complexity index is 1050. The molecule has 0 radical (unpaired) electrons. The number of aromatic amines is 1. The molecule has 0 fully saturated rings. The summed E-state index contributed by atoms with van der Waals surface area (Å²) in [6.07, 6.45) is 20.0. The Kier molecular flexibility index (Phi) is 10.5. The van der Waals surface area contributed by atoms with Crippen molar-refractivity contribution in [1.82, 2.24) is 20.7 Å². The number of aromatic nitrogens is 1. The summed E-state index contributed by atoms with van der Waals surface area (Å²) in [7, 11) is 0. The number of amides is 2. The molecule has 0 unspecified atom stereocenters. The van der Waals surface area contributed by atoms with E-state index < -0.39 is 5.91 Å². The van der Waals surface area contributed by atoms with E-state index in [0.717, 1.165) is 34.0 Å². The summed E-state index contributed by atoms with van der Waals surface area (Å²) in [5.74, 6) is -0.787. The van der Waals surface area contributed by atoms with Crippen molar-refractivity contribution in [1.29, 1.82) is 0 Å². The van der Waals surface area contributed by atoms with Crippen molar-refractivity contribution < 1.29 is 9.59 Å². The minimum atomic E-state index is -0.401. The second kappa shape index (κ2) is 13.8. The maximum atomic E-state index is 12.3. The smallest absolute Gasteiger partial charge is 0.286 e. The van der Waals surface area contributed by atoms with E-state index in [9.17, 15) is 9.59 Å². The van der Waals surface area contributed by atoms with Crippen LogP contribution in [0.2, 0.25) is 0 Å². The molecule has 2 aromatic rings. The summed E-state index contributed by atoms with van der Waals surface area (Å²) in [5.41, 5.74) is 7.08. The third-order valence-electron chi connectivity index (χ3n) is 5.89. The second-order valence-electron chi connectivity index (χ2n) is 8.68. The molecule has 1 aromatic carbocycles. The normalized spacial score (nSPS) is 13.5. The number of allylic oxidation sites excluding steroid dienone is 3. The molecule has 0 atom stereocenters. The lowest BCUT2D eigenvalue weighted by molar-refractivity contribution is -0.117. The van der Waals surface area contributed by atoms with Gasteiger partial charge < -0.3 is 9.88 Å². The van der Waals surface area contributed by atoms with Crippen molar-refractivity contribution >= 4 is 38.6 Å². The molecule has 2 amide bonds. The summed E-state index contributed by atoms with van der Waals surface area (Å²) in [4.78, 5) is 29.7. The van der Waals surface area contributed by atoms with Gasteiger partial charge in [0.15, 0.2) is 0 Å². The van der Waals surface area contributed by atoms with E-state index >= 15 is 0 Å². The van der Waals surface area contributed by atoms with Gasteiger partial charge in [-0.2, -0.15) is 0 Å². The number of nitrogens with zero attached hydrogens (tertiary/aromatic N) is 1. The lowest BCUT2D eigenvalue weighted by Crippen LogP contribution is -2.40. The summed E-state index contributed by atoms with van der Waals surface area (Å²) < 4.78 is 0.937. The van der Waals surface area contributed by atoms with Crippen LogP contribution in [0.15, 0.2) is 64.8 Å². The number of nitrogens with one attached hydrogen (secondary N) is 3. The standard InChI is InChI=1S/C27H35BrN4O2/c1-2-3-4-5-6-7-8-9-16-32-17-14-21(15-18-32)10-13-26(33)30-31-27(34)25-20-22-19-23(28)11-12-24(22)29-25/h10-15,17,19-20,29H,2-9,16,18H2,1H3,(H,30,33)(H,31,34)/b13-10+. The van der Waals surface area contributed by atoms with Crippen molar-refractivity contribution in [3.8, 4) is 0 Å². The first-order valence-electron chi connectivity index (χ1n) is 12.2. The lowest BCUT2D eigenvalue weighted by Gasteiger charge is -2.21. The minimum Gasteiger partial charge on any atom is -0.374 e. The Labute approximate surface area is 210 Å². The Morgan fingerprint density at radius 2 is 1.82 bits per heavy atom. The molecule has 0 spiro atoms. The van der Waals surface area contributed by atoms with Crippen LogP contribution in [0.5, 0.6) is 0 Å². The number of rotatable bonds is 12.